The molecule has 2 aliphatic heterocycles. The van der Waals surface area contributed by atoms with E-state index < -0.39 is 0 Å². The van der Waals surface area contributed by atoms with Gasteiger partial charge in [-0.15, -0.1) is 6.42 Å². The van der Waals surface area contributed by atoms with E-state index in [9.17, 15) is 0 Å². The molecular formula is C19H24N2O. The predicted octanol–water partition coefficient (Wildman–Crippen LogP) is 2.47. The van der Waals surface area contributed by atoms with Crippen LogP contribution in [-0.4, -0.2) is 43.2 Å². The SMILES string of the molecule is C#CCN1C[C@@H]2C3C(C)[C@@H](CN2c2ccc(OCC)cc2)C31. The van der Waals surface area contributed by atoms with Gasteiger partial charge in [-0.25, -0.2) is 0 Å². The summed E-state index contributed by atoms with van der Waals surface area (Å²) in [6.45, 7) is 8.25. The Morgan fingerprint density at radius 2 is 2.05 bits per heavy atom. The second kappa shape index (κ2) is 5.21. The van der Waals surface area contributed by atoms with E-state index in [2.05, 4.69) is 46.9 Å². The fourth-order valence-electron chi connectivity index (χ4n) is 5.05. The van der Waals surface area contributed by atoms with Gasteiger partial charge < -0.3 is 9.64 Å². The zero-order chi connectivity index (χ0) is 15.3. The van der Waals surface area contributed by atoms with E-state index >= 15 is 0 Å². The molecule has 0 radical (unpaired) electrons. The summed E-state index contributed by atoms with van der Waals surface area (Å²) < 4.78 is 5.56. The fourth-order valence-corrected chi connectivity index (χ4v) is 5.05. The molecule has 1 saturated carbocycles. The van der Waals surface area contributed by atoms with Crippen LogP contribution in [0.15, 0.2) is 24.3 Å². The Balaban J connectivity index is 1.56. The average molecular weight is 296 g/mol. The zero-order valence-corrected chi connectivity index (χ0v) is 13.4. The Labute approximate surface area is 133 Å². The summed E-state index contributed by atoms with van der Waals surface area (Å²) in [6, 6.07) is 9.95. The molecule has 3 heteroatoms. The molecule has 1 aliphatic carbocycles. The summed E-state index contributed by atoms with van der Waals surface area (Å²) >= 11 is 0. The number of hydrogen-bond donors (Lipinski definition) is 0. The Morgan fingerprint density at radius 3 is 2.73 bits per heavy atom. The predicted molar refractivity (Wildman–Crippen MR) is 89.1 cm³/mol. The monoisotopic (exact) mass is 296 g/mol. The molecular weight excluding hydrogens is 272 g/mol. The summed E-state index contributed by atoms with van der Waals surface area (Å²) in [4.78, 5) is 5.15. The molecule has 2 saturated heterocycles. The number of likely N-dealkylation sites (tertiary alicyclic amines) is 1. The number of ether oxygens (including phenoxy) is 1. The fraction of sp³-hybridized carbons (Fsp3) is 0.579. The molecule has 116 valence electrons. The van der Waals surface area contributed by atoms with Crippen LogP contribution in [0.1, 0.15) is 13.8 Å². The minimum Gasteiger partial charge on any atom is -0.494 e. The molecule has 2 heterocycles. The van der Waals surface area contributed by atoms with E-state index in [4.69, 9.17) is 11.2 Å². The van der Waals surface area contributed by atoms with Crippen molar-refractivity contribution in [3.63, 3.8) is 0 Å². The third kappa shape index (κ3) is 1.87. The summed E-state index contributed by atoms with van der Waals surface area (Å²) in [7, 11) is 0. The van der Waals surface area contributed by atoms with Gasteiger partial charge in [-0.3, -0.25) is 4.90 Å². The third-order valence-corrected chi connectivity index (χ3v) is 5.98. The molecule has 1 aromatic carbocycles. The van der Waals surface area contributed by atoms with Crippen molar-refractivity contribution in [2.75, 3.05) is 31.1 Å². The van der Waals surface area contributed by atoms with Gasteiger partial charge in [0.05, 0.1) is 13.2 Å². The molecule has 22 heavy (non-hydrogen) atoms. The highest BCUT2D eigenvalue weighted by Gasteiger charge is 2.63. The van der Waals surface area contributed by atoms with Crippen molar-refractivity contribution in [1.82, 2.24) is 4.90 Å². The smallest absolute Gasteiger partial charge is 0.119 e. The lowest BCUT2D eigenvalue weighted by Crippen LogP contribution is -2.66. The lowest BCUT2D eigenvalue weighted by atomic mass is 9.57. The minimum atomic E-state index is 0.622. The van der Waals surface area contributed by atoms with Crippen LogP contribution < -0.4 is 9.64 Å². The van der Waals surface area contributed by atoms with Gasteiger partial charge >= 0.3 is 0 Å². The Kier molecular flexibility index (Phi) is 3.31. The van der Waals surface area contributed by atoms with Gasteiger partial charge in [0.1, 0.15) is 5.75 Å². The first-order valence-electron chi connectivity index (χ1n) is 8.41. The van der Waals surface area contributed by atoms with E-state index in [1.807, 2.05) is 6.92 Å². The number of hydrogen-bond acceptors (Lipinski definition) is 3. The first-order valence-corrected chi connectivity index (χ1v) is 8.41. The summed E-state index contributed by atoms with van der Waals surface area (Å²) in [5.74, 6) is 6.21. The molecule has 3 unspecified atom stereocenters. The topological polar surface area (TPSA) is 15.7 Å². The first kappa shape index (κ1) is 14.0. The van der Waals surface area contributed by atoms with Crippen LogP contribution in [0.25, 0.3) is 0 Å². The summed E-state index contributed by atoms with van der Waals surface area (Å²) in [6.07, 6.45) is 5.56. The van der Waals surface area contributed by atoms with Gasteiger partial charge in [0, 0.05) is 30.9 Å². The van der Waals surface area contributed by atoms with E-state index in [0.29, 0.717) is 6.04 Å². The summed E-state index contributed by atoms with van der Waals surface area (Å²) in [5.41, 5.74) is 1.33. The maximum Gasteiger partial charge on any atom is 0.119 e. The first-order chi connectivity index (χ1) is 10.7. The average Bonchev–Trinajstić information content (AvgIpc) is 2.78. The van der Waals surface area contributed by atoms with Crippen LogP contribution in [0.4, 0.5) is 5.69 Å². The minimum absolute atomic E-state index is 0.622. The molecule has 0 amide bonds. The van der Waals surface area contributed by atoms with Crippen LogP contribution in [0, 0.1) is 30.1 Å². The number of piperidine rings is 2. The van der Waals surface area contributed by atoms with Crippen molar-refractivity contribution in [3.8, 4) is 18.1 Å². The molecule has 0 spiro atoms. The molecule has 3 aliphatic rings. The molecule has 4 rings (SSSR count). The maximum atomic E-state index is 5.56. The van der Waals surface area contributed by atoms with Crippen LogP contribution in [0.2, 0.25) is 0 Å². The number of benzene rings is 1. The van der Waals surface area contributed by atoms with Crippen LogP contribution >= 0.6 is 0 Å². The highest BCUT2D eigenvalue weighted by Crippen LogP contribution is 2.56. The largest absolute Gasteiger partial charge is 0.494 e. The van der Waals surface area contributed by atoms with Crippen molar-refractivity contribution in [1.29, 1.82) is 0 Å². The van der Waals surface area contributed by atoms with Gasteiger partial charge in [-0.05, 0) is 48.9 Å². The van der Waals surface area contributed by atoms with Crippen molar-refractivity contribution in [3.05, 3.63) is 24.3 Å². The van der Waals surface area contributed by atoms with Crippen molar-refractivity contribution < 1.29 is 4.74 Å². The van der Waals surface area contributed by atoms with Gasteiger partial charge in [-0.2, -0.15) is 0 Å². The molecule has 3 nitrogen and oxygen atoms in total. The molecule has 5 atom stereocenters. The summed E-state index contributed by atoms with van der Waals surface area (Å²) in [5, 5.41) is 0. The highest BCUT2D eigenvalue weighted by molar-refractivity contribution is 5.53. The van der Waals surface area contributed by atoms with Crippen LogP contribution in [0.3, 0.4) is 0 Å². The number of fused-ring (bicyclic) bond motifs is 2. The molecule has 0 N–H and O–H groups in total. The second-order valence-corrected chi connectivity index (χ2v) is 6.87. The lowest BCUT2D eigenvalue weighted by molar-refractivity contribution is -0.0187. The maximum absolute atomic E-state index is 5.56. The second-order valence-electron chi connectivity index (χ2n) is 6.87. The van der Waals surface area contributed by atoms with E-state index in [1.54, 1.807) is 0 Å². The number of anilines is 1. The van der Waals surface area contributed by atoms with Gasteiger partial charge in [0.25, 0.3) is 0 Å². The molecule has 1 aromatic rings. The molecule has 3 fully saturated rings. The van der Waals surface area contributed by atoms with Gasteiger partial charge in [-0.1, -0.05) is 12.8 Å². The highest BCUT2D eigenvalue weighted by atomic mass is 16.5. The Morgan fingerprint density at radius 1 is 1.27 bits per heavy atom. The van der Waals surface area contributed by atoms with Crippen molar-refractivity contribution >= 4 is 5.69 Å². The quantitative estimate of drug-likeness (QED) is 0.794. The standard InChI is InChI=1S/C19H24N2O/c1-4-10-20-12-17-18-13(3)16(19(18)20)11-21(17)14-6-8-15(9-7-14)22-5-2/h1,6-9,13,16-19H,5,10-12H2,2-3H3/t13?,16-,17-,18?,19?/m1/s1. The van der Waals surface area contributed by atoms with Crippen molar-refractivity contribution in [2.24, 2.45) is 17.8 Å². The Bertz CT molecular complexity index is 590. The number of rotatable bonds is 4. The van der Waals surface area contributed by atoms with Gasteiger partial charge in [0.2, 0.25) is 0 Å². The van der Waals surface area contributed by atoms with E-state index in [-0.39, 0.29) is 0 Å². The van der Waals surface area contributed by atoms with E-state index in [1.165, 1.54) is 12.2 Å². The normalized spacial score (nSPS) is 35.9. The zero-order valence-electron chi connectivity index (χ0n) is 13.4. The lowest BCUT2D eigenvalue weighted by Gasteiger charge is -2.59. The molecule has 0 aromatic heterocycles. The van der Waals surface area contributed by atoms with Crippen molar-refractivity contribution in [2.45, 2.75) is 25.9 Å². The number of nitrogens with zero attached hydrogens (tertiary/aromatic N) is 2. The Hall–Kier alpha value is -1.66. The molecule has 2 bridgehead atoms. The third-order valence-electron chi connectivity index (χ3n) is 5.98. The van der Waals surface area contributed by atoms with Crippen LogP contribution in [-0.2, 0) is 0 Å². The van der Waals surface area contributed by atoms with Crippen LogP contribution in [0.5, 0.6) is 5.75 Å². The van der Waals surface area contributed by atoms with Gasteiger partial charge in [0.15, 0.2) is 0 Å². The number of terminal acetylenes is 1. The van der Waals surface area contributed by atoms with E-state index in [0.717, 1.165) is 49.2 Å².